The fourth-order valence-corrected chi connectivity index (χ4v) is 3.02. The highest BCUT2D eigenvalue weighted by Gasteiger charge is 2.24. The first-order valence-electron chi connectivity index (χ1n) is 7.16. The van der Waals surface area contributed by atoms with E-state index in [4.69, 9.17) is 5.73 Å². The maximum absolute atomic E-state index is 11.4. The third-order valence-electron chi connectivity index (χ3n) is 4.14. The maximum Gasteiger partial charge on any atom is 0.315 e. The number of aromatic nitrogens is 4. The van der Waals surface area contributed by atoms with Crippen molar-refractivity contribution in [2.24, 2.45) is 12.8 Å². The summed E-state index contributed by atoms with van der Waals surface area (Å²) in [6.07, 6.45) is 2.73. The highest BCUT2D eigenvalue weighted by Crippen LogP contribution is 2.30. The number of nitrogens with two attached hydrogens (primary N) is 1. The molecule has 3 heterocycles. The van der Waals surface area contributed by atoms with E-state index in [9.17, 15) is 4.79 Å². The number of carbonyl (C=O) groups excluding carboxylic acids is 1. The zero-order valence-electron chi connectivity index (χ0n) is 12.2. The number of aromatic amines is 1. The molecule has 0 fully saturated rings. The molecule has 0 unspecified atom stereocenters. The zero-order chi connectivity index (χ0) is 15.3. The lowest BCUT2D eigenvalue weighted by Crippen LogP contribution is -2.39. The van der Waals surface area contributed by atoms with Gasteiger partial charge in [-0.25, -0.2) is 4.79 Å². The Balaban J connectivity index is 1.79. The van der Waals surface area contributed by atoms with Crippen LogP contribution in [-0.2, 0) is 20.0 Å². The number of rotatable bonds is 1. The van der Waals surface area contributed by atoms with Gasteiger partial charge in [0.2, 0.25) is 0 Å². The van der Waals surface area contributed by atoms with Gasteiger partial charge in [-0.15, -0.1) is 0 Å². The summed E-state index contributed by atoms with van der Waals surface area (Å²) in [4.78, 5) is 13.1. The van der Waals surface area contributed by atoms with Crippen LogP contribution < -0.4 is 5.73 Å². The number of fused-ring (bicyclic) bond motifs is 2. The quantitative estimate of drug-likeness (QED) is 0.711. The smallest absolute Gasteiger partial charge is 0.315 e. The lowest BCUT2D eigenvalue weighted by molar-refractivity contribution is 0.202. The van der Waals surface area contributed by atoms with Crippen molar-refractivity contribution in [2.45, 2.75) is 13.0 Å². The largest absolute Gasteiger partial charge is 0.351 e. The van der Waals surface area contributed by atoms with Gasteiger partial charge in [0, 0.05) is 48.4 Å². The van der Waals surface area contributed by atoms with Crippen LogP contribution in [0.15, 0.2) is 24.4 Å². The van der Waals surface area contributed by atoms with Crippen LogP contribution in [-0.4, -0.2) is 37.5 Å². The molecule has 0 saturated heterocycles. The minimum Gasteiger partial charge on any atom is -0.351 e. The van der Waals surface area contributed by atoms with E-state index in [1.165, 1.54) is 0 Å². The van der Waals surface area contributed by atoms with Crippen molar-refractivity contribution in [3.8, 4) is 11.3 Å². The third kappa shape index (κ3) is 1.93. The van der Waals surface area contributed by atoms with Gasteiger partial charge in [0.15, 0.2) is 0 Å². The minimum atomic E-state index is -0.388. The van der Waals surface area contributed by atoms with Crippen LogP contribution in [0.5, 0.6) is 0 Å². The molecule has 0 spiro atoms. The number of aryl methyl sites for hydroxylation is 1. The molecular weight excluding hydrogens is 280 g/mol. The Bertz CT molecular complexity index is 877. The number of nitrogens with one attached hydrogen (secondary N) is 1. The molecule has 4 rings (SSSR count). The van der Waals surface area contributed by atoms with Crippen LogP contribution in [0.3, 0.4) is 0 Å². The number of H-pyrrole nitrogens is 1. The van der Waals surface area contributed by atoms with Crippen LogP contribution in [0.25, 0.3) is 22.2 Å². The normalized spacial score (nSPS) is 14.3. The fourth-order valence-electron chi connectivity index (χ4n) is 3.02. The van der Waals surface area contributed by atoms with E-state index in [1.807, 2.05) is 25.4 Å². The molecule has 7 heteroatoms. The van der Waals surface area contributed by atoms with Crippen LogP contribution in [0, 0.1) is 0 Å². The first-order chi connectivity index (χ1) is 10.6. The van der Waals surface area contributed by atoms with Crippen molar-refractivity contribution in [2.75, 3.05) is 6.54 Å². The summed E-state index contributed by atoms with van der Waals surface area (Å²) < 4.78 is 1.79. The summed E-state index contributed by atoms with van der Waals surface area (Å²) in [5.74, 6) is 0. The maximum atomic E-state index is 11.4. The Hall–Kier alpha value is -2.83. The van der Waals surface area contributed by atoms with Crippen molar-refractivity contribution < 1.29 is 4.79 Å². The summed E-state index contributed by atoms with van der Waals surface area (Å²) in [7, 11) is 1.90. The Morgan fingerprint density at radius 2 is 2.27 bits per heavy atom. The molecule has 1 aliphatic rings. The molecule has 3 aromatic rings. The molecule has 0 saturated carbocycles. The van der Waals surface area contributed by atoms with Gasteiger partial charge in [-0.2, -0.15) is 10.2 Å². The van der Waals surface area contributed by atoms with E-state index in [0.29, 0.717) is 13.1 Å². The first-order valence-corrected chi connectivity index (χ1v) is 7.16. The monoisotopic (exact) mass is 296 g/mol. The standard InChI is InChI=1S/C15H16N6O/c1-20-7-10-6-9(2-3-12(10)19-20)14-11-8-21(15(16)22)5-4-13(11)17-18-14/h2-3,6-7H,4-5,8H2,1H3,(H2,16,22)(H,17,18). The fraction of sp³-hybridized carbons (Fsp3) is 0.267. The summed E-state index contributed by atoms with van der Waals surface area (Å²) >= 11 is 0. The number of nitrogens with zero attached hydrogens (tertiary/aromatic N) is 4. The zero-order valence-corrected chi connectivity index (χ0v) is 12.2. The molecule has 0 radical (unpaired) electrons. The Morgan fingerprint density at radius 1 is 1.41 bits per heavy atom. The number of primary amides is 1. The van der Waals surface area contributed by atoms with Crippen LogP contribution >= 0.6 is 0 Å². The SMILES string of the molecule is Cn1cc2cc(-c3n[nH]c4c3CN(C(N)=O)CC4)ccc2n1. The van der Waals surface area contributed by atoms with E-state index in [0.717, 1.165) is 39.8 Å². The molecule has 0 aliphatic carbocycles. The molecule has 2 amide bonds. The molecule has 2 aromatic heterocycles. The van der Waals surface area contributed by atoms with Crippen molar-refractivity contribution in [3.63, 3.8) is 0 Å². The van der Waals surface area contributed by atoms with E-state index < -0.39 is 0 Å². The average molecular weight is 296 g/mol. The van der Waals surface area contributed by atoms with Crippen molar-refractivity contribution >= 4 is 16.9 Å². The van der Waals surface area contributed by atoms with Gasteiger partial charge in [0.25, 0.3) is 0 Å². The molecule has 1 aromatic carbocycles. The lowest BCUT2D eigenvalue weighted by Gasteiger charge is -2.25. The second-order valence-corrected chi connectivity index (χ2v) is 5.62. The van der Waals surface area contributed by atoms with Gasteiger partial charge < -0.3 is 10.6 Å². The minimum absolute atomic E-state index is 0.388. The number of urea groups is 1. The van der Waals surface area contributed by atoms with Gasteiger partial charge in [-0.1, -0.05) is 6.07 Å². The summed E-state index contributed by atoms with van der Waals surface area (Å²) in [6, 6.07) is 5.68. The van der Waals surface area contributed by atoms with E-state index in [1.54, 1.807) is 9.58 Å². The Kier molecular flexibility index (Phi) is 2.69. The number of hydrogen-bond acceptors (Lipinski definition) is 3. The Labute approximate surface area is 126 Å². The van der Waals surface area contributed by atoms with Crippen LogP contribution in [0.1, 0.15) is 11.3 Å². The topological polar surface area (TPSA) is 92.8 Å². The summed E-state index contributed by atoms with van der Waals surface area (Å²) in [5.41, 5.74) is 10.4. The van der Waals surface area contributed by atoms with Gasteiger partial charge >= 0.3 is 6.03 Å². The van der Waals surface area contributed by atoms with E-state index in [-0.39, 0.29) is 6.03 Å². The first kappa shape index (κ1) is 12.9. The van der Waals surface area contributed by atoms with Gasteiger partial charge in [0.05, 0.1) is 17.8 Å². The molecule has 0 atom stereocenters. The average Bonchev–Trinajstić information content (AvgIpc) is 3.07. The second-order valence-electron chi connectivity index (χ2n) is 5.62. The third-order valence-corrected chi connectivity index (χ3v) is 4.14. The highest BCUT2D eigenvalue weighted by atomic mass is 16.2. The highest BCUT2D eigenvalue weighted by molar-refractivity contribution is 5.84. The van der Waals surface area contributed by atoms with Crippen LogP contribution in [0.4, 0.5) is 4.79 Å². The number of benzene rings is 1. The van der Waals surface area contributed by atoms with Crippen molar-refractivity contribution in [1.82, 2.24) is 24.9 Å². The van der Waals surface area contributed by atoms with Crippen molar-refractivity contribution in [1.29, 1.82) is 0 Å². The van der Waals surface area contributed by atoms with Gasteiger partial charge in [-0.3, -0.25) is 9.78 Å². The summed E-state index contributed by atoms with van der Waals surface area (Å²) in [5, 5.41) is 13.0. The molecule has 1 aliphatic heterocycles. The number of hydrogen-bond donors (Lipinski definition) is 2. The van der Waals surface area contributed by atoms with Gasteiger partial charge in [-0.05, 0) is 12.1 Å². The number of carbonyl (C=O) groups is 1. The second kappa shape index (κ2) is 4.59. The number of amides is 2. The summed E-state index contributed by atoms with van der Waals surface area (Å²) in [6.45, 7) is 1.13. The molecule has 7 nitrogen and oxygen atoms in total. The molecular formula is C15H16N6O. The van der Waals surface area contributed by atoms with Gasteiger partial charge in [0.1, 0.15) is 0 Å². The van der Waals surface area contributed by atoms with E-state index >= 15 is 0 Å². The predicted octanol–water partition coefficient (Wildman–Crippen LogP) is 1.40. The molecule has 3 N–H and O–H groups in total. The van der Waals surface area contributed by atoms with Crippen LogP contribution in [0.2, 0.25) is 0 Å². The van der Waals surface area contributed by atoms with Crippen molar-refractivity contribution in [3.05, 3.63) is 35.7 Å². The Morgan fingerprint density at radius 3 is 3.09 bits per heavy atom. The molecule has 112 valence electrons. The lowest BCUT2D eigenvalue weighted by atomic mass is 10.0. The predicted molar refractivity (Wildman–Crippen MR) is 82.0 cm³/mol. The molecule has 22 heavy (non-hydrogen) atoms. The van der Waals surface area contributed by atoms with E-state index in [2.05, 4.69) is 21.4 Å². The molecule has 0 bridgehead atoms.